The zero-order valence-electron chi connectivity index (χ0n) is 10.9. The van der Waals surface area contributed by atoms with Crippen LogP contribution in [-0.4, -0.2) is 17.5 Å². The molecule has 3 nitrogen and oxygen atoms in total. The highest BCUT2D eigenvalue weighted by Crippen LogP contribution is 2.20. The maximum absolute atomic E-state index is 9.01. The van der Waals surface area contributed by atoms with E-state index in [1.54, 1.807) is 11.3 Å². The van der Waals surface area contributed by atoms with Crippen molar-refractivity contribution in [1.82, 2.24) is 0 Å². The topological polar surface area (TPSA) is 41.8 Å². The van der Waals surface area contributed by atoms with E-state index < -0.39 is 0 Å². The number of hydrogen-bond donors (Lipinski definition) is 1. The third kappa shape index (κ3) is 3.58. The van der Waals surface area contributed by atoms with Crippen molar-refractivity contribution in [3.8, 4) is 5.75 Å². The predicted octanol–water partition coefficient (Wildman–Crippen LogP) is 3.96. The molecule has 4 heteroatoms. The molecule has 0 amide bonds. The molecule has 0 bridgehead atoms. The van der Waals surface area contributed by atoms with Gasteiger partial charge < -0.3 is 9.94 Å². The second-order valence-electron chi connectivity index (χ2n) is 4.07. The first-order chi connectivity index (χ1) is 9.35. The van der Waals surface area contributed by atoms with E-state index in [1.807, 2.05) is 37.3 Å². The van der Waals surface area contributed by atoms with Gasteiger partial charge in [0, 0.05) is 16.9 Å². The Kier molecular flexibility index (Phi) is 4.98. The van der Waals surface area contributed by atoms with Gasteiger partial charge in [0.05, 0.1) is 12.3 Å². The number of thiophene rings is 1. The monoisotopic (exact) mass is 275 g/mol. The maximum Gasteiger partial charge on any atom is 0.128 e. The van der Waals surface area contributed by atoms with Crippen LogP contribution in [0.5, 0.6) is 5.75 Å². The minimum Gasteiger partial charge on any atom is -0.493 e. The molecule has 19 heavy (non-hydrogen) atoms. The van der Waals surface area contributed by atoms with Crippen molar-refractivity contribution in [1.29, 1.82) is 0 Å². The van der Waals surface area contributed by atoms with Gasteiger partial charge in [-0.25, -0.2) is 0 Å². The van der Waals surface area contributed by atoms with Crippen molar-refractivity contribution in [3.05, 3.63) is 52.2 Å². The summed E-state index contributed by atoms with van der Waals surface area (Å²) < 4.78 is 5.81. The van der Waals surface area contributed by atoms with E-state index in [-0.39, 0.29) is 0 Å². The summed E-state index contributed by atoms with van der Waals surface area (Å²) >= 11 is 1.73. The van der Waals surface area contributed by atoms with E-state index >= 15 is 0 Å². The van der Waals surface area contributed by atoms with E-state index in [0.29, 0.717) is 18.7 Å². The van der Waals surface area contributed by atoms with Crippen LogP contribution < -0.4 is 4.74 Å². The molecule has 0 spiro atoms. The zero-order valence-corrected chi connectivity index (χ0v) is 11.7. The lowest BCUT2D eigenvalue weighted by Crippen LogP contribution is -2.06. The number of nitrogens with zero attached hydrogens (tertiary/aromatic N) is 1. The lowest BCUT2D eigenvalue weighted by atomic mass is 10.1. The van der Waals surface area contributed by atoms with Crippen molar-refractivity contribution in [3.63, 3.8) is 0 Å². The molecule has 2 rings (SSSR count). The lowest BCUT2D eigenvalue weighted by Gasteiger charge is -2.11. The minimum atomic E-state index is 0.625. The number of rotatable bonds is 6. The summed E-state index contributed by atoms with van der Waals surface area (Å²) in [7, 11) is 0. The normalized spacial score (nSPS) is 11.5. The van der Waals surface area contributed by atoms with Crippen molar-refractivity contribution in [2.75, 3.05) is 6.61 Å². The van der Waals surface area contributed by atoms with Crippen LogP contribution >= 0.6 is 11.3 Å². The molecule has 0 aliphatic heterocycles. The highest BCUT2D eigenvalue weighted by atomic mass is 32.1. The summed E-state index contributed by atoms with van der Waals surface area (Å²) in [5.41, 5.74) is 1.51. The first-order valence-electron chi connectivity index (χ1n) is 6.30. The molecular weight excluding hydrogens is 258 g/mol. The molecule has 1 aromatic carbocycles. The number of ether oxygens (including phenoxy) is 1. The Bertz CT molecular complexity index is 535. The second kappa shape index (κ2) is 6.95. The molecule has 100 valence electrons. The standard InChI is InChI=1S/C15H17NO2S/c1-2-14(16-17)13-7-3-4-8-15(13)18-10-9-12-6-5-11-19-12/h3-8,11,17H,2,9-10H2,1H3. The average Bonchev–Trinajstić information content (AvgIpc) is 2.95. The molecule has 0 atom stereocenters. The minimum absolute atomic E-state index is 0.625. The van der Waals surface area contributed by atoms with E-state index in [1.165, 1.54) is 4.88 Å². The van der Waals surface area contributed by atoms with Gasteiger partial charge in [-0.15, -0.1) is 11.3 Å². The van der Waals surface area contributed by atoms with E-state index in [9.17, 15) is 0 Å². The summed E-state index contributed by atoms with van der Waals surface area (Å²) in [6.07, 6.45) is 1.56. The van der Waals surface area contributed by atoms with E-state index in [4.69, 9.17) is 9.94 Å². The zero-order chi connectivity index (χ0) is 13.5. The van der Waals surface area contributed by atoms with Crippen LogP contribution in [0, 0.1) is 0 Å². The van der Waals surface area contributed by atoms with Crippen LogP contribution in [-0.2, 0) is 6.42 Å². The van der Waals surface area contributed by atoms with E-state index in [2.05, 4.69) is 16.6 Å². The van der Waals surface area contributed by atoms with Gasteiger partial charge in [-0.2, -0.15) is 0 Å². The van der Waals surface area contributed by atoms with Gasteiger partial charge >= 0.3 is 0 Å². The summed E-state index contributed by atoms with van der Waals surface area (Å²) in [4.78, 5) is 1.31. The van der Waals surface area contributed by atoms with E-state index in [0.717, 1.165) is 17.7 Å². The Balaban J connectivity index is 2.03. The smallest absolute Gasteiger partial charge is 0.128 e. The SMILES string of the molecule is CCC(=NO)c1ccccc1OCCc1cccs1. The van der Waals surface area contributed by atoms with Crippen LogP contribution in [0.15, 0.2) is 46.9 Å². The molecule has 0 aliphatic rings. The highest BCUT2D eigenvalue weighted by molar-refractivity contribution is 7.09. The molecule has 1 heterocycles. The highest BCUT2D eigenvalue weighted by Gasteiger charge is 2.09. The number of oxime groups is 1. The van der Waals surface area contributed by atoms with Gasteiger partial charge in [-0.1, -0.05) is 30.3 Å². The summed E-state index contributed by atoms with van der Waals surface area (Å²) in [5.74, 6) is 0.772. The number of hydrogen-bond acceptors (Lipinski definition) is 4. The van der Waals surface area contributed by atoms with Gasteiger partial charge in [0.15, 0.2) is 0 Å². The predicted molar refractivity (Wildman–Crippen MR) is 78.6 cm³/mol. The average molecular weight is 275 g/mol. The van der Waals surface area contributed by atoms with Crippen molar-refractivity contribution in [2.24, 2.45) is 5.16 Å². The molecule has 2 aromatic rings. The number of para-hydroxylation sites is 1. The van der Waals surface area contributed by atoms with Crippen LogP contribution in [0.2, 0.25) is 0 Å². The van der Waals surface area contributed by atoms with Gasteiger partial charge in [-0.3, -0.25) is 0 Å². The fourth-order valence-electron chi connectivity index (χ4n) is 1.86. The van der Waals surface area contributed by atoms with Crippen LogP contribution in [0.25, 0.3) is 0 Å². The third-order valence-corrected chi connectivity index (χ3v) is 3.78. The molecule has 0 radical (unpaired) electrons. The van der Waals surface area contributed by atoms with Crippen LogP contribution in [0.1, 0.15) is 23.8 Å². The van der Waals surface area contributed by atoms with Crippen LogP contribution in [0.4, 0.5) is 0 Å². The first kappa shape index (κ1) is 13.6. The summed E-state index contributed by atoms with van der Waals surface area (Å²) in [5, 5.41) is 14.4. The second-order valence-corrected chi connectivity index (χ2v) is 5.11. The van der Waals surface area contributed by atoms with Crippen molar-refractivity contribution >= 4 is 17.0 Å². The molecule has 1 N–H and O–H groups in total. The van der Waals surface area contributed by atoms with Crippen molar-refractivity contribution in [2.45, 2.75) is 19.8 Å². The lowest BCUT2D eigenvalue weighted by molar-refractivity contribution is 0.313. The Morgan fingerprint density at radius 2 is 2.11 bits per heavy atom. The Labute approximate surface area is 117 Å². The maximum atomic E-state index is 9.01. The number of benzene rings is 1. The Hall–Kier alpha value is -1.81. The molecule has 0 aliphatic carbocycles. The Morgan fingerprint density at radius 3 is 2.79 bits per heavy atom. The van der Waals surface area contributed by atoms with Crippen LogP contribution in [0.3, 0.4) is 0 Å². The fraction of sp³-hybridized carbons (Fsp3) is 0.267. The molecule has 0 unspecified atom stereocenters. The fourth-order valence-corrected chi connectivity index (χ4v) is 2.55. The molecule has 0 fully saturated rings. The molecular formula is C15H17NO2S. The summed E-state index contributed by atoms with van der Waals surface area (Å²) in [6.45, 7) is 2.58. The van der Waals surface area contributed by atoms with Gasteiger partial charge in [0.2, 0.25) is 0 Å². The van der Waals surface area contributed by atoms with Gasteiger partial charge in [0.25, 0.3) is 0 Å². The van der Waals surface area contributed by atoms with Gasteiger partial charge in [-0.05, 0) is 30.0 Å². The molecule has 1 aromatic heterocycles. The molecule has 0 saturated carbocycles. The Morgan fingerprint density at radius 1 is 1.26 bits per heavy atom. The quantitative estimate of drug-likeness (QED) is 0.492. The third-order valence-electron chi connectivity index (χ3n) is 2.84. The first-order valence-corrected chi connectivity index (χ1v) is 7.18. The van der Waals surface area contributed by atoms with Crippen molar-refractivity contribution < 1.29 is 9.94 Å². The largest absolute Gasteiger partial charge is 0.493 e. The molecule has 0 saturated heterocycles. The summed E-state index contributed by atoms with van der Waals surface area (Å²) in [6, 6.07) is 11.8. The van der Waals surface area contributed by atoms with Gasteiger partial charge in [0.1, 0.15) is 5.75 Å².